The molecule has 3 rings (SSSR count). The average molecular weight is 356 g/mol. The Morgan fingerprint density at radius 3 is 2.77 bits per heavy atom. The van der Waals surface area contributed by atoms with Gasteiger partial charge in [-0.25, -0.2) is 13.9 Å². The highest BCUT2D eigenvalue weighted by atomic mass is 19.1. The number of esters is 1. The Morgan fingerprint density at radius 1 is 1.31 bits per heavy atom. The first kappa shape index (κ1) is 18.0. The number of hydrogen-bond acceptors (Lipinski definition) is 4. The highest BCUT2D eigenvalue weighted by molar-refractivity contribution is 5.86. The normalized spacial score (nSPS) is 19.3. The van der Waals surface area contributed by atoms with Crippen molar-refractivity contribution in [3.63, 3.8) is 0 Å². The fourth-order valence-corrected chi connectivity index (χ4v) is 3.05. The number of carbonyl (C=O) groups excluding carboxylic acids is 1. The maximum Gasteiger partial charge on any atom is 0.362 e. The minimum Gasteiger partial charge on any atom is -0.460 e. The van der Waals surface area contributed by atoms with Gasteiger partial charge in [0.1, 0.15) is 11.5 Å². The topological polar surface area (TPSA) is 61.2 Å². The molecule has 1 heterocycles. The predicted molar refractivity (Wildman–Crippen MR) is 95.8 cm³/mol. The van der Waals surface area contributed by atoms with Crippen LogP contribution in [-0.2, 0) is 4.74 Å². The molecule has 0 N–H and O–H groups in total. The number of para-hydroxylation sites is 1. The molecule has 0 spiro atoms. The summed E-state index contributed by atoms with van der Waals surface area (Å²) in [4.78, 5) is 24.6. The molecule has 1 aliphatic carbocycles. The lowest BCUT2D eigenvalue weighted by Gasteiger charge is -2.24. The molecule has 0 aliphatic heterocycles. The molecule has 2 aromatic rings. The molecular formula is C20H21FN2O3. The second kappa shape index (κ2) is 7.64. The summed E-state index contributed by atoms with van der Waals surface area (Å²) < 4.78 is 20.6. The minimum absolute atomic E-state index is 0.171. The highest BCUT2D eigenvalue weighted by Gasteiger charge is 2.23. The van der Waals surface area contributed by atoms with Crippen molar-refractivity contribution in [2.24, 2.45) is 11.8 Å². The minimum atomic E-state index is -0.776. The van der Waals surface area contributed by atoms with Gasteiger partial charge in [-0.2, -0.15) is 5.10 Å². The fraction of sp³-hybridized carbons (Fsp3) is 0.350. The molecule has 26 heavy (non-hydrogen) atoms. The Hall–Kier alpha value is -2.76. The van der Waals surface area contributed by atoms with Crippen LogP contribution in [0.1, 0.15) is 35.9 Å². The van der Waals surface area contributed by atoms with E-state index in [9.17, 15) is 14.0 Å². The quantitative estimate of drug-likeness (QED) is 0.622. The van der Waals surface area contributed by atoms with Crippen LogP contribution in [0.5, 0.6) is 0 Å². The van der Waals surface area contributed by atoms with Crippen LogP contribution >= 0.6 is 0 Å². The van der Waals surface area contributed by atoms with Gasteiger partial charge in [0.25, 0.3) is 0 Å². The molecule has 0 radical (unpaired) electrons. The second-order valence-corrected chi connectivity index (χ2v) is 6.64. The lowest BCUT2D eigenvalue weighted by atomic mass is 9.85. The van der Waals surface area contributed by atoms with Crippen molar-refractivity contribution in [2.75, 3.05) is 6.61 Å². The summed E-state index contributed by atoms with van der Waals surface area (Å²) in [6.45, 7) is 3.97. The number of aromatic nitrogens is 2. The Balaban J connectivity index is 1.84. The van der Waals surface area contributed by atoms with Gasteiger partial charge in [-0.3, -0.25) is 4.79 Å². The first-order valence-corrected chi connectivity index (χ1v) is 8.65. The number of nitrogens with zero attached hydrogens (tertiary/aromatic N) is 2. The summed E-state index contributed by atoms with van der Waals surface area (Å²) in [7, 11) is 0. The number of ether oxygens (including phenoxy) is 1. The zero-order valence-corrected chi connectivity index (χ0v) is 14.8. The predicted octanol–water partition coefficient (Wildman–Crippen LogP) is 3.44. The first-order chi connectivity index (χ1) is 12.5. The van der Waals surface area contributed by atoms with E-state index in [-0.39, 0.29) is 23.9 Å². The molecule has 0 bridgehead atoms. The molecule has 136 valence electrons. The van der Waals surface area contributed by atoms with Gasteiger partial charge in [-0.1, -0.05) is 31.2 Å². The number of carbonyl (C=O) groups is 1. The lowest BCUT2D eigenvalue weighted by Crippen LogP contribution is -2.27. The summed E-state index contributed by atoms with van der Waals surface area (Å²) in [5.41, 5.74) is -0.262. The van der Waals surface area contributed by atoms with Crippen molar-refractivity contribution >= 4 is 5.97 Å². The SMILES string of the molecule is Cc1cc(=O)c(C(=O)OCC2CC=CCC2C)nn1-c1ccccc1F. The van der Waals surface area contributed by atoms with Crippen molar-refractivity contribution in [3.05, 3.63) is 69.9 Å². The summed E-state index contributed by atoms with van der Waals surface area (Å²) in [5.74, 6) is -0.632. The van der Waals surface area contributed by atoms with Gasteiger partial charge in [-0.15, -0.1) is 0 Å². The van der Waals surface area contributed by atoms with Gasteiger partial charge in [0.15, 0.2) is 0 Å². The molecule has 6 heteroatoms. The van der Waals surface area contributed by atoms with Gasteiger partial charge in [0.2, 0.25) is 11.1 Å². The molecule has 1 aromatic carbocycles. The van der Waals surface area contributed by atoms with Gasteiger partial charge >= 0.3 is 5.97 Å². The summed E-state index contributed by atoms with van der Waals surface area (Å²) >= 11 is 0. The molecule has 0 fully saturated rings. The Bertz CT molecular complexity index is 904. The number of benzene rings is 1. The third-order valence-corrected chi connectivity index (χ3v) is 4.73. The summed E-state index contributed by atoms with van der Waals surface area (Å²) in [6, 6.07) is 7.32. The van der Waals surface area contributed by atoms with Crippen LogP contribution in [0, 0.1) is 24.6 Å². The maximum atomic E-state index is 14.1. The van der Waals surface area contributed by atoms with E-state index in [0.717, 1.165) is 12.8 Å². The monoisotopic (exact) mass is 356 g/mol. The molecule has 5 nitrogen and oxygen atoms in total. The fourth-order valence-electron chi connectivity index (χ4n) is 3.05. The molecule has 1 aliphatic rings. The number of hydrogen-bond donors (Lipinski definition) is 0. The number of halogens is 1. The molecule has 0 saturated carbocycles. The second-order valence-electron chi connectivity index (χ2n) is 6.64. The molecule has 2 unspecified atom stereocenters. The van der Waals surface area contributed by atoms with Crippen LogP contribution in [-0.4, -0.2) is 22.4 Å². The summed E-state index contributed by atoms with van der Waals surface area (Å²) in [6.07, 6.45) is 5.99. The van der Waals surface area contributed by atoms with E-state index in [1.807, 2.05) is 0 Å². The standard InChI is InChI=1S/C20H21FN2O3/c1-13-7-3-4-8-15(13)12-26-20(25)19-18(24)11-14(2)23(22-19)17-10-6-5-9-16(17)21/h3-6,9-11,13,15H,7-8,12H2,1-2H3. The van der Waals surface area contributed by atoms with Crippen LogP contribution in [0.25, 0.3) is 5.69 Å². The Kier molecular flexibility index (Phi) is 5.30. The first-order valence-electron chi connectivity index (χ1n) is 8.65. The molecule has 2 atom stereocenters. The molecule has 1 aromatic heterocycles. The van der Waals surface area contributed by atoms with Crippen LogP contribution in [0.4, 0.5) is 4.39 Å². The zero-order chi connectivity index (χ0) is 18.7. The van der Waals surface area contributed by atoms with E-state index >= 15 is 0 Å². The van der Waals surface area contributed by atoms with Crippen LogP contribution in [0.3, 0.4) is 0 Å². The Morgan fingerprint density at radius 2 is 2.04 bits per heavy atom. The molecular weight excluding hydrogens is 335 g/mol. The van der Waals surface area contributed by atoms with E-state index in [0.29, 0.717) is 11.6 Å². The highest BCUT2D eigenvalue weighted by Crippen LogP contribution is 2.25. The smallest absolute Gasteiger partial charge is 0.362 e. The van der Waals surface area contributed by atoms with Crippen molar-refractivity contribution < 1.29 is 13.9 Å². The number of aryl methyl sites for hydroxylation is 1. The van der Waals surface area contributed by atoms with Gasteiger partial charge in [-0.05, 0) is 43.7 Å². The van der Waals surface area contributed by atoms with Crippen LogP contribution < -0.4 is 5.43 Å². The van der Waals surface area contributed by atoms with Crippen LogP contribution in [0.15, 0.2) is 47.3 Å². The van der Waals surface area contributed by atoms with Crippen molar-refractivity contribution in [3.8, 4) is 5.69 Å². The van der Waals surface area contributed by atoms with E-state index in [1.165, 1.54) is 22.9 Å². The Labute approximate surface area is 151 Å². The van der Waals surface area contributed by atoms with Crippen LogP contribution in [0.2, 0.25) is 0 Å². The van der Waals surface area contributed by atoms with Gasteiger partial charge < -0.3 is 4.74 Å². The largest absolute Gasteiger partial charge is 0.460 e. The third kappa shape index (κ3) is 3.74. The van der Waals surface area contributed by atoms with Crippen molar-refractivity contribution in [2.45, 2.75) is 26.7 Å². The van der Waals surface area contributed by atoms with E-state index in [2.05, 4.69) is 24.2 Å². The maximum absolute atomic E-state index is 14.1. The number of rotatable bonds is 4. The van der Waals surface area contributed by atoms with E-state index in [1.54, 1.807) is 19.1 Å². The zero-order valence-electron chi connectivity index (χ0n) is 14.8. The molecule has 0 saturated heterocycles. The number of allylic oxidation sites excluding steroid dienone is 2. The summed E-state index contributed by atoms with van der Waals surface area (Å²) in [5, 5.41) is 4.06. The third-order valence-electron chi connectivity index (χ3n) is 4.73. The van der Waals surface area contributed by atoms with Gasteiger partial charge in [0, 0.05) is 11.8 Å². The lowest BCUT2D eigenvalue weighted by molar-refractivity contribution is 0.0384. The van der Waals surface area contributed by atoms with Crippen molar-refractivity contribution in [1.82, 2.24) is 9.78 Å². The van der Waals surface area contributed by atoms with Gasteiger partial charge in [0.05, 0.1) is 6.61 Å². The average Bonchev–Trinajstić information content (AvgIpc) is 2.62. The van der Waals surface area contributed by atoms with E-state index in [4.69, 9.17) is 4.74 Å². The van der Waals surface area contributed by atoms with Crippen molar-refractivity contribution in [1.29, 1.82) is 0 Å². The van der Waals surface area contributed by atoms with E-state index < -0.39 is 17.2 Å². The molecule has 0 amide bonds.